The Kier molecular flexibility index (Phi) is 5.90. The zero-order chi connectivity index (χ0) is 27.4. The minimum absolute atomic E-state index is 0.00382. The lowest BCUT2D eigenvalue weighted by Crippen LogP contribution is -2.27. The van der Waals surface area contributed by atoms with Crippen molar-refractivity contribution in [1.29, 1.82) is 0 Å². The molecule has 0 spiro atoms. The van der Waals surface area contributed by atoms with Gasteiger partial charge >= 0.3 is 6.18 Å². The zero-order valence-electron chi connectivity index (χ0n) is 20.9. The second-order valence-electron chi connectivity index (χ2n) is 9.45. The van der Waals surface area contributed by atoms with Gasteiger partial charge in [-0.3, -0.25) is 0 Å². The summed E-state index contributed by atoms with van der Waals surface area (Å²) in [6, 6.07) is 4.60. The third-order valence-electron chi connectivity index (χ3n) is 6.71. The van der Waals surface area contributed by atoms with Crippen LogP contribution in [0.5, 0.6) is 17.4 Å². The predicted octanol–water partition coefficient (Wildman–Crippen LogP) is 4.26. The summed E-state index contributed by atoms with van der Waals surface area (Å²) in [5.74, 6) is 1.23. The second kappa shape index (κ2) is 9.19. The van der Waals surface area contributed by atoms with E-state index < -0.39 is 17.5 Å². The number of fused-ring (bicyclic) bond motifs is 5. The maximum absolute atomic E-state index is 13.1. The first-order chi connectivity index (χ1) is 18.7. The molecule has 1 saturated carbocycles. The molecule has 4 heterocycles. The molecule has 0 saturated heterocycles. The number of methoxy groups -OCH3 is 1. The lowest BCUT2D eigenvalue weighted by atomic mass is 9.89. The summed E-state index contributed by atoms with van der Waals surface area (Å²) in [4.78, 5) is 24.1. The molecule has 2 aliphatic rings. The van der Waals surface area contributed by atoms with E-state index in [2.05, 4.69) is 24.9 Å². The molecule has 1 aromatic carbocycles. The van der Waals surface area contributed by atoms with E-state index in [0.29, 0.717) is 16.7 Å². The highest BCUT2D eigenvalue weighted by Crippen LogP contribution is 2.46. The van der Waals surface area contributed by atoms with Gasteiger partial charge in [-0.25, -0.2) is 24.9 Å². The van der Waals surface area contributed by atoms with Crippen LogP contribution in [0.15, 0.2) is 36.9 Å². The molecule has 4 aromatic rings. The molecular weight excluding hydrogens is 517 g/mol. The van der Waals surface area contributed by atoms with E-state index >= 15 is 0 Å². The number of imidazole rings is 1. The molecule has 13 heteroatoms. The summed E-state index contributed by atoms with van der Waals surface area (Å²) < 4.78 is 56.8. The molecular formula is C26H23F3N6O4. The summed E-state index contributed by atoms with van der Waals surface area (Å²) in [6.45, 7) is 1.67. The van der Waals surface area contributed by atoms with Crippen LogP contribution in [0.4, 0.5) is 13.2 Å². The van der Waals surface area contributed by atoms with Gasteiger partial charge in [0.05, 0.1) is 25.2 Å². The number of hydrogen-bond acceptors (Lipinski definition) is 9. The lowest BCUT2D eigenvalue weighted by molar-refractivity contribution is -0.140. The number of hydrogen-bond donors (Lipinski definition) is 2. The molecule has 2 N–H and O–H groups in total. The zero-order valence-corrected chi connectivity index (χ0v) is 20.9. The minimum atomic E-state index is -4.57. The van der Waals surface area contributed by atoms with E-state index in [1.165, 1.54) is 32.6 Å². The van der Waals surface area contributed by atoms with Gasteiger partial charge in [0.15, 0.2) is 11.6 Å². The Bertz CT molecular complexity index is 1550. The average molecular weight is 541 g/mol. The molecule has 0 radical (unpaired) electrons. The molecule has 0 amide bonds. The number of H-pyrrole nitrogens is 1. The largest absolute Gasteiger partial charge is 0.493 e. The van der Waals surface area contributed by atoms with Crippen molar-refractivity contribution in [2.75, 3.05) is 20.3 Å². The molecule has 3 aromatic heterocycles. The Morgan fingerprint density at radius 3 is 2.59 bits per heavy atom. The standard InChI is InChI=1S/C26H23F3N6O4/c1-25(36)15-6-5-14(22-31-11-18(34-22)26(27,28)29)9-16(15)38-7-8-39-24-19(20(13-3-4-13)32-12-33-24)23-30-10-17(37-2)21(25)35-23/h5-6,9-13,36H,3-4,7-8H2,1-2H3,(H,31,34). The number of rotatable bonds is 3. The third kappa shape index (κ3) is 4.52. The molecule has 10 nitrogen and oxygen atoms in total. The number of halogens is 3. The highest BCUT2D eigenvalue weighted by atomic mass is 19.4. The number of aliphatic hydroxyl groups is 1. The molecule has 6 rings (SSSR count). The van der Waals surface area contributed by atoms with Gasteiger partial charge in [0.25, 0.3) is 0 Å². The Morgan fingerprint density at radius 1 is 1.08 bits per heavy atom. The van der Waals surface area contributed by atoms with Crippen LogP contribution in [0.1, 0.15) is 48.3 Å². The molecule has 2 bridgehead atoms. The predicted molar refractivity (Wildman–Crippen MR) is 130 cm³/mol. The van der Waals surface area contributed by atoms with Gasteiger partial charge in [-0.05, 0) is 25.8 Å². The molecule has 1 fully saturated rings. The maximum Gasteiger partial charge on any atom is 0.432 e. The van der Waals surface area contributed by atoms with Crippen LogP contribution in [-0.4, -0.2) is 55.3 Å². The number of nitrogens with one attached hydrogen (secondary N) is 1. The molecule has 39 heavy (non-hydrogen) atoms. The number of benzene rings is 1. The van der Waals surface area contributed by atoms with Crippen LogP contribution >= 0.6 is 0 Å². The first kappa shape index (κ1) is 25.0. The molecule has 202 valence electrons. The quantitative estimate of drug-likeness (QED) is 0.392. The Morgan fingerprint density at radius 2 is 1.87 bits per heavy atom. The topological polar surface area (TPSA) is 128 Å². The summed E-state index contributed by atoms with van der Waals surface area (Å²) in [5, 5.41) is 11.9. The van der Waals surface area contributed by atoms with Crippen LogP contribution < -0.4 is 14.2 Å². The highest BCUT2D eigenvalue weighted by Gasteiger charge is 2.38. The number of aromatic nitrogens is 6. The van der Waals surface area contributed by atoms with Crippen molar-refractivity contribution >= 4 is 0 Å². The Balaban J connectivity index is 1.50. The number of nitrogens with zero attached hydrogens (tertiary/aromatic N) is 5. The average Bonchev–Trinajstić information content (AvgIpc) is 3.64. The van der Waals surface area contributed by atoms with Crippen LogP contribution in [0.2, 0.25) is 0 Å². The number of alkyl halides is 3. The van der Waals surface area contributed by atoms with Crippen LogP contribution in [0.3, 0.4) is 0 Å². The second-order valence-corrected chi connectivity index (χ2v) is 9.45. The van der Waals surface area contributed by atoms with Crippen LogP contribution in [0, 0.1) is 0 Å². The fourth-order valence-corrected chi connectivity index (χ4v) is 4.58. The minimum Gasteiger partial charge on any atom is -0.493 e. The van der Waals surface area contributed by atoms with E-state index in [0.717, 1.165) is 24.7 Å². The molecule has 1 atom stereocenters. The molecule has 1 aliphatic heterocycles. The van der Waals surface area contributed by atoms with Gasteiger partial charge in [-0.1, -0.05) is 12.1 Å². The van der Waals surface area contributed by atoms with E-state index in [1.54, 1.807) is 12.1 Å². The van der Waals surface area contributed by atoms with Crippen molar-refractivity contribution in [2.45, 2.75) is 37.5 Å². The summed E-state index contributed by atoms with van der Waals surface area (Å²) >= 11 is 0. The van der Waals surface area contributed by atoms with E-state index in [-0.39, 0.29) is 53.9 Å². The van der Waals surface area contributed by atoms with Crippen molar-refractivity contribution in [1.82, 2.24) is 29.9 Å². The lowest BCUT2D eigenvalue weighted by Gasteiger charge is -2.28. The van der Waals surface area contributed by atoms with Crippen molar-refractivity contribution in [2.24, 2.45) is 0 Å². The van der Waals surface area contributed by atoms with Gasteiger partial charge in [0.2, 0.25) is 5.88 Å². The number of aromatic amines is 1. The first-order valence-electron chi connectivity index (χ1n) is 12.2. The maximum atomic E-state index is 13.1. The van der Waals surface area contributed by atoms with Crippen molar-refractivity contribution < 1.29 is 32.5 Å². The van der Waals surface area contributed by atoms with Crippen LogP contribution in [0.25, 0.3) is 22.8 Å². The van der Waals surface area contributed by atoms with Gasteiger partial charge in [-0.15, -0.1) is 0 Å². The van der Waals surface area contributed by atoms with Crippen LogP contribution in [-0.2, 0) is 11.8 Å². The monoisotopic (exact) mass is 540 g/mol. The van der Waals surface area contributed by atoms with Gasteiger partial charge < -0.3 is 24.3 Å². The smallest absolute Gasteiger partial charge is 0.432 e. The normalized spacial score (nSPS) is 19.0. The summed E-state index contributed by atoms with van der Waals surface area (Å²) in [5.41, 5.74) is -0.616. The van der Waals surface area contributed by atoms with Gasteiger partial charge in [-0.2, -0.15) is 13.2 Å². The van der Waals surface area contributed by atoms with E-state index in [4.69, 9.17) is 19.2 Å². The molecule has 1 unspecified atom stereocenters. The van der Waals surface area contributed by atoms with Crippen molar-refractivity contribution in [3.05, 3.63) is 59.6 Å². The van der Waals surface area contributed by atoms with E-state index in [9.17, 15) is 18.3 Å². The van der Waals surface area contributed by atoms with Gasteiger partial charge in [0, 0.05) is 17.0 Å². The van der Waals surface area contributed by atoms with Crippen molar-refractivity contribution in [3.63, 3.8) is 0 Å². The molecule has 1 aliphatic carbocycles. The third-order valence-corrected chi connectivity index (χ3v) is 6.71. The van der Waals surface area contributed by atoms with E-state index in [1.807, 2.05) is 0 Å². The summed E-state index contributed by atoms with van der Waals surface area (Å²) in [7, 11) is 1.44. The first-order valence-corrected chi connectivity index (χ1v) is 12.2. The Hall–Kier alpha value is -4.26. The fraction of sp³-hybridized carbons (Fsp3) is 0.346. The highest BCUT2D eigenvalue weighted by molar-refractivity contribution is 5.67. The Labute approximate surface area is 220 Å². The summed E-state index contributed by atoms with van der Waals surface area (Å²) in [6.07, 6.45) is 0.996. The SMILES string of the molecule is COc1cnc2nc1C(C)(O)c1ccc(-c3ncc(C(F)(F)F)[nH]3)cc1OCCOc1ncnc(C3CC3)c1-2. The number of ether oxygens (including phenoxy) is 3. The van der Waals surface area contributed by atoms with Gasteiger partial charge in [0.1, 0.15) is 53.7 Å². The van der Waals surface area contributed by atoms with Crippen molar-refractivity contribution in [3.8, 4) is 40.2 Å². The fourth-order valence-electron chi connectivity index (χ4n) is 4.58.